The van der Waals surface area contributed by atoms with Crippen molar-refractivity contribution < 1.29 is 14.3 Å². The highest BCUT2D eigenvalue weighted by molar-refractivity contribution is 5.96. The molecule has 0 spiro atoms. The van der Waals surface area contributed by atoms with E-state index in [1.807, 2.05) is 29.2 Å². The van der Waals surface area contributed by atoms with Crippen molar-refractivity contribution in [3.63, 3.8) is 0 Å². The molecule has 1 fully saturated rings. The maximum Gasteiger partial charge on any atom is 0.317 e. The molecule has 6 nitrogen and oxygen atoms in total. The van der Waals surface area contributed by atoms with E-state index in [1.165, 1.54) is 0 Å². The standard InChI is InChI=1S/C20H31N3O3/c1-4-6-12-22(13-7-5-2)20(25)21-16-14-19(24)23(15-16)17-8-10-18(26-3)11-9-17/h8-11,16H,4-7,12-15H2,1-3H3,(H,21,25)/t16-/m1/s1. The van der Waals surface area contributed by atoms with E-state index in [4.69, 9.17) is 4.74 Å². The molecular weight excluding hydrogens is 330 g/mol. The lowest BCUT2D eigenvalue weighted by molar-refractivity contribution is -0.117. The number of benzene rings is 1. The van der Waals surface area contributed by atoms with Crippen molar-refractivity contribution in [1.82, 2.24) is 10.2 Å². The molecule has 1 saturated heterocycles. The van der Waals surface area contributed by atoms with Crippen LogP contribution in [0.3, 0.4) is 0 Å². The zero-order valence-corrected chi connectivity index (χ0v) is 16.2. The monoisotopic (exact) mass is 361 g/mol. The van der Waals surface area contributed by atoms with E-state index < -0.39 is 0 Å². The smallest absolute Gasteiger partial charge is 0.317 e. The van der Waals surface area contributed by atoms with E-state index in [0.717, 1.165) is 50.2 Å². The number of carbonyl (C=O) groups is 2. The van der Waals surface area contributed by atoms with Crippen molar-refractivity contribution in [2.45, 2.75) is 52.0 Å². The summed E-state index contributed by atoms with van der Waals surface area (Å²) in [6.45, 7) is 6.29. The summed E-state index contributed by atoms with van der Waals surface area (Å²) >= 11 is 0. The summed E-state index contributed by atoms with van der Waals surface area (Å²) in [7, 11) is 1.62. The first-order valence-electron chi connectivity index (χ1n) is 9.58. The van der Waals surface area contributed by atoms with Gasteiger partial charge in [0.25, 0.3) is 0 Å². The Morgan fingerprint density at radius 2 is 1.81 bits per heavy atom. The molecule has 1 atom stereocenters. The largest absolute Gasteiger partial charge is 0.497 e. The van der Waals surface area contributed by atoms with Gasteiger partial charge in [0.2, 0.25) is 5.91 Å². The number of carbonyl (C=O) groups excluding carboxylic acids is 2. The molecule has 1 aromatic rings. The minimum absolute atomic E-state index is 0.0362. The average Bonchev–Trinajstić information content (AvgIpc) is 3.02. The molecule has 0 radical (unpaired) electrons. The molecule has 0 unspecified atom stereocenters. The highest BCUT2D eigenvalue weighted by atomic mass is 16.5. The summed E-state index contributed by atoms with van der Waals surface area (Å²) in [6, 6.07) is 7.22. The van der Waals surface area contributed by atoms with Gasteiger partial charge in [-0.25, -0.2) is 4.79 Å². The van der Waals surface area contributed by atoms with Crippen LogP contribution in [0.15, 0.2) is 24.3 Å². The first-order valence-corrected chi connectivity index (χ1v) is 9.58. The number of urea groups is 1. The van der Waals surface area contributed by atoms with Crippen molar-refractivity contribution in [3.05, 3.63) is 24.3 Å². The predicted molar refractivity (Wildman–Crippen MR) is 104 cm³/mol. The van der Waals surface area contributed by atoms with Gasteiger partial charge in [-0.1, -0.05) is 26.7 Å². The molecule has 0 aliphatic carbocycles. The lowest BCUT2D eigenvalue weighted by Crippen LogP contribution is -2.46. The molecule has 1 aliphatic rings. The maximum atomic E-state index is 12.6. The van der Waals surface area contributed by atoms with E-state index in [0.29, 0.717) is 13.0 Å². The third-order valence-electron chi connectivity index (χ3n) is 4.69. The van der Waals surface area contributed by atoms with Crippen LogP contribution < -0.4 is 15.0 Å². The summed E-state index contributed by atoms with van der Waals surface area (Å²) < 4.78 is 5.16. The number of hydrogen-bond donors (Lipinski definition) is 1. The van der Waals surface area contributed by atoms with Crippen LogP contribution in [-0.4, -0.2) is 49.6 Å². The topological polar surface area (TPSA) is 61.9 Å². The van der Waals surface area contributed by atoms with Gasteiger partial charge in [0.15, 0.2) is 0 Å². The molecule has 0 aromatic heterocycles. The first kappa shape index (κ1) is 20.1. The Bertz CT molecular complexity index is 580. The highest BCUT2D eigenvalue weighted by Crippen LogP contribution is 2.24. The van der Waals surface area contributed by atoms with Crippen LogP contribution in [0.5, 0.6) is 5.75 Å². The molecule has 1 N–H and O–H groups in total. The summed E-state index contributed by atoms with van der Waals surface area (Å²) in [5.41, 5.74) is 0.835. The Morgan fingerprint density at radius 3 is 2.35 bits per heavy atom. The molecule has 144 valence electrons. The van der Waals surface area contributed by atoms with Crippen LogP contribution >= 0.6 is 0 Å². The van der Waals surface area contributed by atoms with E-state index in [2.05, 4.69) is 19.2 Å². The third-order valence-corrected chi connectivity index (χ3v) is 4.69. The lowest BCUT2D eigenvalue weighted by atomic mass is 10.2. The summed E-state index contributed by atoms with van der Waals surface area (Å²) in [6.07, 6.45) is 4.46. The molecule has 1 aromatic carbocycles. The second-order valence-electron chi connectivity index (χ2n) is 6.75. The van der Waals surface area contributed by atoms with Gasteiger partial charge in [-0.2, -0.15) is 0 Å². The average molecular weight is 361 g/mol. The van der Waals surface area contributed by atoms with Crippen LogP contribution in [0.1, 0.15) is 46.0 Å². The van der Waals surface area contributed by atoms with Gasteiger partial charge in [0.05, 0.1) is 13.2 Å². The van der Waals surface area contributed by atoms with E-state index >= 15 is 0 Å². The molecule has 0 saturated carbocycles. The quantitative estimate of drug-likeness (QED) is 0.733. The minimum atomic E-state index is -0.150. The summed E-state index contributed by atoms with van der Waals surface area (Å²) in [5.74, 6) is 0.793. The zero-order chi connectivity index (χ0) is 18.9. The molecule has 2 rings (SSSR count). The van der Waals surface area contributed by atoms with Gasteiger partial charge >= 0.3 is 6.03 Å². The molecule has 6 heteroatoms. The molecule has 3 amide bonds. The normalized spacial score (nSPS) is 16.7. The third kappa shape index (κ3) is 5.38. The highest BCUT2D eigenvalue weighted by Gasteiger charge is 2.32. The van der Waals surface area contributed by atoms with Crippen LogP contribution in [0.4, 0.5) is 10.5 Å². The summed E-state index contributed by atoms with van der Waals surface area (Å²) in [5, 5.41) is 3.05. The predicted octanol–water partition coefficient (Wildman–Crippen LogP) is 3.41. The van der Waals surface area contributed by atoms with Crippen molar-refractivity contribution in [2.24, 2.45) is 0 Å². The number of methoxy groups -OCH3 is 1. The number of rotatable bonds is 9. The lowest BCUT2D eigenvalue weighted by Gasteiger charge is -2.25. The van der Waals surface area contributed by atoms with Gasteiger partial charge < -0.3 is 19.9 Å². The second kappa shape index (κ2) is 10.0. The Labute approximate surface area is 156 Å². The van der Waals surface area contributed by atoms with Crippen molar-refractivity contribution in [2.75, 3.05) is 31.6 Å². The van der Waals surface area contributed by atoms with Gasteiger partial charge in [-0.15, -0.1) is 0 Å². The van der Waals surface area contributed by atoms with E-state index in [-0.39, 0.29) is 18.0 Å². The van der Waals surface area contributed by atoms with Crippen molar-refractivity contribution in [1.29, 1.82) is 0 Å². The van der Waals surface area contributed by atoms with Crippen molar-refractivity contribution in [3.8, 4) is 5.75 Å². The van der Waals surface area contributed by atoms with Crippen LogP contribution in [0, 0.1) is 0 Å². The zero-order valence-electron chi connectivity index (χ0n) is 16.2. The Kier molecular flexibility index (Phi) is 7.75. The molecule has 1 heterocycles. The SMILES string of the molecule is CCCCN(CCCC)C(=O)N[C@@H]1CC(=O)N(c2ccc(OC)cc2)C1. The molecule has 1 aliphatic heterocycles. The maximum absolute atomic E-state index is 12.6. The number of anilines is 1. The fourth-order valence-corrected chi connectivity index (χ4v) is 3.09. The van der Waals surface area contributed by atoms with Gasteiger partial charge in [0.1, 0.15) is 5.75 Å². The van der Waals surface area contributed by atoms with Crippen LogP contribution in [0.2, 0.25) is 0 Å². The second-order valence-corrected chi connectivity index (χ2v) is 6.75. The number of unbranched alkanes of at least 4 members (excludes halogenated alkanes) is 2. The van der Waals surface area contributed by atoms with Gasteiger partial charge in [-0.3, -0.25) is 4.79 Å². The Hall–Kier alpha value is -2.24. The van der Waals surface area contributed by atoms with Crippen LogP contribution in [0.25, 0.3) is 0 Å². The molecular formula is C20H31N3O3. The number of hydrogen-bond acceptors (Lipinski definition) is 3. The van der Waals surface area contributed by atoms with E-state index in [1.54, 1.807) is 12.0 Å². The Morgan fingerprint density at radius 1 is 1.19 bits per heavy atom. The fraction of sp³-hybridized carbons (Fsp3) is 0.600. The van der Waals surface area contributed by atoms with E-state index in [9.17, 15) is 9.59 Å². The van der Waals surface area contributed by atoms with Gasteiger partial charge in [-0.05, 0) is 37.1 Å². The molecule has 0 bridgehead atoms. The molecule has 26 heavy (non-hydrogen) atoms. The van der Waals surface area contributed by atoms with Gasteiger partial charge in [0, 0.05) is 31.7 Å². The van der Waals surface area contributed by atoms with Crippen molar-refractivity contribution >= 4 is 17.6 Å². The number of nitrogens with one attached hydrogen (secondary N) is 1. The number of ether oxygens (including phenoxy) is 1. The summed E-state index contributed by atoms with van der Waals surface area (Å²) in [4.78, 5) is 28.6. The number of amides is 3. The Balaban J connectivity index is 1.94. The fourth-order valence-electron chi connectivity index (χ4n) is 3.09. The number of nitrogens with zero attached hydrogens (tertiary/aromatic N) is 2. The minimum Gasteiger partial charge on any atom is -0.497 e. The van der Waals surface area contributed by atoms with Crippen LogP contribution in [-0.2, 0) is 4.79 Å². The first-order chi connectivity index (χ1) is 12.6.